The molecule has 1 aliphatic heterocycles. The van der Waals surface area contributed by atoms with Crippen molar-refractivity contribution in [3.05, 3.63) is 114 Å². The van der Waals surface area contributed by atoms with Gasteiger partial charge < -0.3 is 9.80 Å². The lowest BCUT2D eigenvalue weighted by Crippen LogP contribution is -2.22. The van der Waals surface area contributed by atoms with Crippen LogP contribution >= 0.6 is 0 Å². The maximum atomic E-state index is 7.50. The first-order valence-electron chi connectivity index (χ1n) is 13.2. The molecular formula is C34H34N4. The highest BCUT2D eigenvalue weighted by atomic mass is 15.3. The number of aromatic nitrogens is 1. The van der Waals surface area contributed by atoms with Gasteiger partial charge in [-0.3, -0.25) is 0 Å². The van der Waals surface area contributed by atoms with Crippen molar-refractivity contribution in [3.8, 4) is 33.5 Å². The van der Waals surface area contributed by atoms with E-state index in [1.54, 1.807) is 0 Å². The Morgan fingerprint density at radius 2 is 1.42 bits per heavy atom. The zero-order valence-electron chi connectivity index (χ0n) is 22.8. The zero-order valence-corrected chi connectivity index (χ0v) is 22.8. The molecule has 190 valence electrons. The van der Waals surface area contributed by atoms with Gasteiger partial charge in [-0.25, -0.2) is 9.83 Å². The van der Waals surface area contributed by atoms with Crippen molar-refractivity contribution in [2.24, 2.45) is 0 Å². The van der Waals surface area contributed by atoms with Crippen LogP contribution < -0.4 is 4.90 Å². The number of pyridine rings is 1. The van der Waals surface area contributed by atoms with Crippen molar-refractivity contribution in [2.45, 2.75) is 39.5 Å². The summed E-state index contributed by atoms with van der Waals surface area (Å²) in [5.74, 6) is 1.59. The van der Waals surface area contributed by atoms with Crippen LogP contribution in [0, 0.1) is 6.57 Å². The Labute approximate surface area is 226 Å². The van der Waals surface area contributed by atoms with E-state index < -0.39 is 0 Å². The fraction of sp³-hybridized carbons (Fsp3) is 0.235. The van der Waals surface area contributed by atoms with E-state index in [0.717, 1.165) is 29.3 Å². The van der Waals surface area contributed by atoms with Crippen LogP contribution in [0.1, 0.15) is 50.7 Å². The van der Waals surface area contributed by atoms with Gasteiger partial charge >= 0.3 is 0 Å². The van der Waals surface area contributed by atoms with Gasteiger partial charge in [-0.15, -0.1) is 0 Å². The molecule has 3 aromatic carbocycles. The molecule has 0 fully saturated rings. The molecular weight excluding hydrogens is 464 g/mol. The Morgan fingerprint density at radius 1 is 0.737 bits per heavy atom. The second-order valence-electron chi connectivity index (χ2n) is 10.6. The number of benzene rings is 3. The summed E-state index contributed by atoms with van der Waals surface area (Å²) in [4.78, 5) is 13.0. The van der Waals surface area contributed by atoms with E-state index in [1.165, 1.54) is 27.8 Å². The van der Waals surface area contributed by atoms with Crippen LogP contribution in [0.5, 0.6) is 0 Å². The van der Waals surface area contributed by atoms with E-state index in [1.807, 2.05) is 24.3 Å². The molecule has 0 saturated carbocycles. The van der Waals surface area contributed by atoms with Gasteiger partial charge in [0.2, 0.25) is 0 Å². The highest BCUT2D eigenvalue weighted by Crippen LogP contribution is 2.42. The van der Waals surface area contributed by atoms with Crippen molar-refractivity contribution < 1.29 is 0 Å². The van der Waals surface area contributed by atoms with Gasteiger partial charge in [0.25, 0.3) is 0 Å². The van der Waals surface area contributed by atoms with Gasteiger partial charge in [0.15, 0.2) is 5.69 Å². The van der Waals surface area contributed by atoms with Crippen molar-refractivity contribution in [3.63, 3.8) is 0 Å². The average molecular weight is 499 g/mol. The molecule has 4 aromatic rings. The third-order valence-electron chi connectivity index (χ3n) is 7.09. The predicted molar refractivity (Wildman–Crippen MR) is 159 cm³/mol. The van der Waals surface area contributed by atoms with Crippen molar-refractivity contribution in [1.82, 2.24) is 9.88 Å². The van der Waals surface area contributed by atoms with Gasteiger partial charge in [0.1, 0.15) is 5.82 Å². The molecule has 4 nitrogen and oxygen atoms in total. The van der Waals surface area contributed by atoms with Gasteiger partial charge in [-0.05, 0) is 69.0 Å². The van der Waals surface area contributed by atoms with Crippen LogP contribution in [-0.2, 0) is 0 Å². The highest BCUT2D eigenvalue weighted by molar-refractivity contribution is 5.82. The second-order valence-corrected chi connectivity index (χ2v) is 10.6. The van der Waals surface area contributed by atoms with Gasteiger partial charge in [0.05, 0.1) is 18.9 Å². The lowest BCUT2D eigenvalue weighted by molar-refractivity contribution is 0.494. The Balaban J connectivity index is 1.77. The number of rotatable bonds is 6. The number of nitrogens with zero attached hydrogens (tertiary/aromatic N) is 4. The predicted octanol–water partition coefficient (Wildman–Crippen LogP) is 9.06. The highest BCUT2D eigenvalue weighted by Gasteiger charge is 2.21. The molecule has 0 radical (unpaired) electrons. The maximum Gasteiger partial charge on any atom is 0.187 e. The van der Waals surface area contributed by atoms with Crippen molar-refractivity contribution in [1.29, 1.82) is 0 Å². The normalized spacial score (nSPS) is 13.0. The van der Waals surface area contributed by atoms with E-state index in [-0.39, 0.29) is 0 Å². The third kappa shape index (κ3) is 5.06. The summed E-state index contributed by atoms with van der Waals surface area (Å²) in [5.41, 5.74) is 10.1. The summed E-state index contributed by atoms with van der Waals surface area (Å²) in [5, 5.41) is 0. The molecule has 1 aliphatic rings. The Kier molecular flexibility index (Phi) is 7.03. The fourth-order valence-corrected chi connectivity index (χ4v) is 5.10. The minimum Gasteiger partial charge on any atom is -0.361 e. The molecule has 0 N–H and O–H groups in total. The topological polar surface area (TPSA) is 23.7 Å². The van der Waals surface area contributed by atoms with E-state index in [0.29, 0.717) is 17.5 Å². The fourth-order valence-electron chi connectivity index (χ4n) is 5.10. The minimum absolute atomic E-state index is 0.342. The van der Waals surface area contributed by atoms with Crippen LogP contribution in [0.25, 0.3) is 38.4 Å². The number of hydrogen-bond donors (Lipinski definition) is 0. The van der Waals surface area contributed by atoms with E-state index in [2.05, 4.69) is 116 Å². The lowest BCUT2D eigenvalue weighted by atomic mass is 9.82. The quantitative estimate of drug-likeness (QED) is 0.248. The maximum absolute atomic E-state index is 7.50. The number of anilines is 1. The molecule has 1 aromatic heterocycles. The van der Waals surface area contributed by atoms with Gasteiger partial charge in [-0.1, -0.05) is 88.4 Å². The zero-order chi connectivity index (χ0) is 26.8. The molecule has 0 spiro atoms. The first-order chi connectivity index (χ1) is 18.3. The molecule has 0 aliphatic carbocycles. The average Bonchev–Trinajstić information content (AvgIpc) is 3.38. The standard InChI is InChI=1S/C34H34N4/c1-23(2)30-18-27(25-11-8-7-9-12-25)19-31(24(3)4)34(30)28-20-32(26-13-10-14-29(17-26)35-5)36-33(21-28)38-16-15-37(6)22-38/h7-21,23-24H,22H2,1-4,6H3. The Bertz CT molecular complexity index is 1500. The largest absolute Gasteiger partial charge is 0.361 e. The molecule has 0 saturated heterocycles. The first kappa shape index (κ1) is 25.3. The summed E-state index contributed by atoms with van der Waals surface area (Å²) in [6.07, 6.45) is 4.15. The van der Waals surface area contributed by atoms with Crippen LogP contribution in [0.2, 0.25) is 0 Å². The monoisotopic (exact) mass is 498 g/mol. The van der Waals surface area contributed by atoms with Crippen molar-refractivity contribution >= 4 is 11.5 Å². The summed E-state index contributed by atoms with van der Waals surface area (Å²) < 4.78 is 0. The lowest BCUT2D eigenvalue weighted by Gasteiger charge is -2.24. The molecule has 2 heterocycles. The minimum atomic E-state index is 0.342. The van der Waals surface area contributed by atoms with Crippen LogP contribution in [0.15, 0.2) is 91.3 Å². The molecule has 0 atom stereocenters. The number of hydrogen-bond acceptors (Lipinski definition) is 3. The molecule has 0 unspecified atom stereocenters. The first-order valence-corrected chi connectivity index (χ1v) is 13.2. The molecule has 38 heavy (non-hydrogen) atoms. The molecule has 4 heteroatoms. The van der Waals surface area contributed by atoms with Crippen LogP contribution in [0.3, 0.4) is 0 Å². The van der Waals surface area contributed by atoms with Crippen LogP contribution in [-0.4, -0.2) is 23.6 Å². The SMILES string of the molecule is [C-]#[N+]c1cccc(-c2cc(-c3c(C(C)C)cc(-c4ccccc4)cc3C(C)C)cc(N3C=CN(C)C3)n2)c1. The smallest absolute Gasteiger partial charge is 0.187 e. The Hall–Kier alpha value is -4.36. The summed E-state index contributed by atoms with van der Waals surface area (Å²) >= 11 is 0. The third-order valence-corrected chi connectivity index (χ3v) is 7.09. The Morgan fingerprint density at radius 3 is 2.03 bits per heavy atom. The van der Waals surface area contributed by atoms with Gasteiger partial charge in [-0.2, -0.15) is 0 Å². The van der Waals surface area contributed by atoms with Crippen LogP contribution in [0.4, 0.5) is 11.5 Å². The summed E-state index contributed by atoms with van der Waals surface area (Å²) in [6, 6.07) is 27.6. The van der Waals surface area contributed by atoms with Gasteiger partial charge in [0, 0.05) is 19.4 Å². The summed E-state index contributed by atoms with van der Waals surface area (Å²) in [7, 11) is 2.07. The molecule has 5 rings (SSSR count). The van der Waals surface area contributed by atoms with E-state index >= 15 is 0 Å². The van der Waals surface area contributed by atoms with Crippen molar-refractivity contribution in [2.75, 3.05) is 18.6 Å². The molecule has 0 bridgehead atoms. The second kappa shape index (κ2) is 10.6. The molecule has 0 amide bonds. The van der Waals surface area contributed by atoms with E-state index in [9.17, 15) is 0 Å². The summed E-state index contributed by atoms with van der Waals surface area (Å²) in [6.45, 7) is 17.4. The van der Waals surface area contributed by atoms with E-state index in [4.69, 9.17) is 11.6 Å².